The van der Waals surface area contributed by atoms with Crippen molar-refractivity contribution in [1.82, 2.24) is 4.98 Å². The molecule has 0 unspecified atom stereocenters. The third-order valence-corrected chi connectivity index (χ3v) is 11.7. The van der Waals surface area contributed by atoms with E-state index in [9.17, 15) is 0 Å². The van der Waals surface area contributed by atoms with Gasteiger partial charge < -0.3 is 13.7 Å². The van der Waals surface area contributed by atoms with E-state index in [0.717, 1.165) is 66.8 Å². The Balaban J connectivity index is 0.934. The summed E-state index contributed by atoms with van der Waals surface area (Å²) in [4.78, 5) is 7.07. The van der Waals surface area contributed by atoms with Crippen LogP contribution < -0.4 is 4.90 Å². The highest BCUT2D eigenvalue weighted by atomic mass is 16.3. The number of fused-ring (bicyclic) bond motifs is 8. The molecule has 0 aliphatic heterocycles. The predicted octanol–water partition coefficient (Wildman–Crippen LogP) is 15.7. The number of benzene rings is 10. The number of aromatic nitrogens is 1. The first kappa shape index (κ1) is 33.2. The Hall–Kier alpha value is -7.95. The van der Waals surface area contributed by atoms with E-state index in [1.807, 2.05) is 36.4 Å². The first-order valence-corrected chi connectivity index (χ1v) is 19.9. The van der Waals surface area contributed by atoms with Gasteiger partial charge in [0, 0.05) is 33.4 Å². The normalized spacial score (nSPS) is 11.7. The summed E-state index contributed by atoms with van der Waals surface area (Å²) in [5.41, 5.74) is 12.2. The Bertz CT molecular complexity index is 3530. The number of rotatable bonds is 6. The average molecular weight is 755 g/mol. The number of para-hydroxylation sites is 3. The van der Waals surface area contributed by atoms with Crippen molar-refractivity contribution in [3.63, 3.8) is 0 Å². The highest BCUT2D eigenvalue weighted by Crippen LogP contribution is 2.40. The van der Waals surface area contributed by atoms with Gasteiger partial charge in [-0.05, 0) is 146 Å². The molecule has 2 aromatic heterocycles. The maximum absolute atomic E-state index is 6.13. The maximum atomic E-state index is 6.13. The highest BCUT2D eigenvalue weighted by molar-refractivity contribution is 6.10. The summed E-state index contributed by atoms with van der Waals surface area (Å²) >= 11 is 0. The van der Waals surface area contributed by atoms with Crippen LogP contribution in [0.1, 0.15) is 0 Å². The van der Waals surface area contributed by atoms with E-state index in [1.165, 1.54) is 43.4 Å². The topological polar surface area (TPSA) is 42.4 Å². The smallest absolute Gasteiger partial charge is 0.227 e. The van der Waals surface area contributed by atoms with Gasteiger partial charge >= 0.3 is 0 Å². The summed E-state index contributed by atoms with van der Waals surface area (Å²) in [7, 11) is 0. The number of oxazole rings is 1. The maximum Gasteiger partial charge on any atom is 0.227 e. The molecule has 0 saturated carbocycles. The van der Waals surface area contributed by atoms with Gasteiger partial charge in [0.15, 0.2) is 5.58 Å². The number of anilines is 3. The fraction of sp³-hybridized carbons (Fsp3) is 0. The molecule has 12 aromatic rings. The van der Waals surface area contributed by atoms with Crippen molar-refractivity contribution in [2.24, 2.45) is 0 Å². The van der Waals surface area contributed by atoms with Crippen molar-refractivity contribution in [3.8, 4) is 33.7 Å². The molecule has 0 aliphatic carbocycles. The quantitative estimate of drug-likeness (QED) is 0.159. The molecule has 2 heterocycles. The van der Waals surface area contributed by atoms with Crippen LogP contribution in [0.5, 0.6) is 0 Å². The Morgan fingerprint density at radius 2 is 0.847 bits per heavy atom. The zero-order chi connectivity index (χ0) is 38.9. The van der Waals surface area contributed by atoms with E-state index in [-0.39, 0.29) is 0 Å². The molecule has 12 rings (SSSR count). The lowest BCUT2D eigenvalue weighted by Crippen LogP contribution is -2.09. The fourth-order valence-corrected chi connectivity index (χ4v) is 8.65. The van der Waals surface area contributed by atoms with Crippen LogP contribution in [0.2, 0.25) is 0 Å². The standard InChI is InChI=1S/C55H34N2O2/c1-2-8-38-31-39(14-13-35(38)7-1)40-21-28-47-42(32-40)15-16-43-33-46(27-29-48(43)47)57(45-25-19-37(20-26-45)55-56-51-10-4-6-12-54(51)59-55)44-23-17-36(18-24-44)41-22-30-53-50(34-41)49-9-3-5-11-52(49)58-53/h1-34H. The van der Waals surface area contributed by atoms with Gasteiger partial charge in [0.2, 0.25) is 5.89 Å². The molecule has 4 nitrogen and oxygen atoms in total. The molecular weight excluding hydrogens is 721 g/mol. The predicted molar refractivity (Wildman–Crippen MR) is 245 cm³/mol. The average Bonchev–Trinajstić information content (AvgIpc) is 3.91. The second-order valence-corrected chi connectivity index (χ2v) is 15.2. The van der Waals surface area contributed by atoms with Crippen LogP contribution in [-0.2, 0) is 0 Å². The van der Waals surface area contributed by atoms with Crippen LogP contribution in [0.25, 0.3) is 99.1 Å². The van der Waals surface area contributed by atoms with Gasteiger partial charge in [-0.25, -0.2) is 4.98 Å². The largest absolute Gasteiger partial charge is 0.456 e. The summed E-state index contributed by atoms with van der Waals surface area (Å²) in [5, 5.41) is 9.61. The van der Waals surface area contributed by atoms with Crippen LogP contribution in [0.3, 0.4) is 0 Å². The first-order chi connectivity index (χ1) is 29.2. The van der Waals surface area contributed by atoms with Gasteiger partial charge in [-0.3, -0.25) is 0 Å². The van der Waals surface area contributed by atoms with Crippen molar-refractivity contribution < 1.29 is 8.83 Å². The molecule has 0 aliphatic rings. The van der Waals surface area contributed by atoms with Crippen molar-refractivity contribution in [3.05, 3.63) is 206 Å². The molecular formula is C55H34N2O2. The van der Waals surface area contributed by atoms with Crippen molar-refractivity contribution in [2.45, 2.75) is 0 Å². The first-order valence-electron chi connectivity index (χ1n) is 19.9. The number of nitrogens with zero attached hydrogens (tertiary/aromatic N) is 2. The van der Waals surface area contributed by atoms with Crippen LogP contribution in [0.4, 0.5) is 17.1 Å². The van der Waals surface area contributed by atoms with Crippen LogP contribution >= 0.6 is 0 Å². The Labute approximate surface area is 339 Å². The minimum atomic E-state index is 0.609. The third-order valence-electron chi connectivity index (χ3n) is 11.7. The molecule has 0 saturated heterocycles. The molecule has 276 valence electrons. The van der Waals surface area contributed by atoms with Gasteiger partial charge in [0.1, 0.15) is 16.7 Å². The zero-order valence-electron chi connectivity index (χ0n) is 31.8. The lowest BCUT2D eigenvalue weighted by molar-refractivity contribution is 0.620. The fourth-order valence-electron chi connectivity index (χ4n) is 8.65. The number of furan rings is 1. The van der Waals surface area contributed by atoms with E-state index in [4.69, 9.17) is 13.8 Å². The molecule has 0 bridgehead atoms. The second kappa shape index (κ2) is 13.3. The van der Waals surface area contributed by atoms with E-state index in [2.05, 4.69) is 175 Å². The summed E-state index contributed by atoms with van der Waals surface area (Å²) < 4.78 is 12.2. The van der Waals surface area contributed by atoms with Gasteiger partial charge in [0.05, 0.1) is 0 Å². The van der Waals surface area contributed by atoms with Gasteiger partial charge in [-0.1, -0.05) is 115 Å². The lowest BCUT2D eigenvalue weighted by atomic mass is 9.96. The lowest BCUT2D eigenvalue weighted by Gasteiger charge is -2.26. The highest BCUT2D eigenvalue weighted by Gasteiger charge is 2.17. The van der Waals surface area contributed by atoms with E-state index < -0.39 is 0 Å². The summed E-state index contributed by atoms with van der Waals surface area (Å²) in [6.07, 6.45) is 0. The molecule has 4 heteroatoms. The monoisotopic (exact) mass is 754 g/mol. The third kappa shape index (κ3) is 5.73. The van der Waals surface area contributed by atoms with Crippen LogP contribution in [0.15, 0.2) is 215 Å². The molecule has 0 radical (unpaired) electrons. The van der Waals surface area contributed by atoms with E-state index >= 15 is 0 Å². The van der Waals surface area contributed by atoms with Gasteiger partial charge in [-0.2, -0.15) is 0 Å². The minimum absolute atomic E-state index is 0.609. The summed E-state index contributed by atoms with van der Waals surface area (Å²) in [5.74, 6) is 0.609. The Kier molecular flexibility index (Phi) is 7.50. The van der Waals surface area contributed by atoms with Crippen LogP contribution in [-0.4, -0.2) is 4.98 Å². The molecule has 0 atom stereocenters. The summed E-state index contributed by atoms with van der Waals surface area (Å²) in [6.45, 7) is 0. The SMILES string of the molecule is c1ccc2cc(-c3ccc4c(ccc5cc(N(c6ccc(-c7ccc8oc9ccccc9c8c7)cc6)c6ccc(-c7nc8ccccc8o7)cc6)ccc54)c3)ccc2c1. The molecule has 10 aromatic carbocycles. The molecule has 0 amide bonds. The number of hydrogen-bond donors (Lipinski definition) is 0. The van der Waals surface area contributed by atoms with Crippen molar-refractivity contribution >= 4 is 82.4 Å². The zero-order valence-corrected chi connectivity index (χ0v) is 31.8. The van der Waals surface area contributed by atoms with Crippen LogP contribution in [0, 0.1) is 0 Å². The molecule has 0 fully saturated rings. The Morgan fingerprint density at radius 1 is 0.305 bits per heavy atom. The molecule has 59 heavy (non-hydrogen) atoms. The molecule has 0 spiro atoms. The second-order valence-electron chi connectivity index (χ2n) is 15.2. The minimum Gasteiger partial charge on any atom is -0.456 e. The number of hydrogen-bond acceptors (Lipinski definition) is 4. The molecule has 0 N–H and O–H groups in total. The van der Waals surface area contributed by atoms with E-state index in [1.54, 1.807) is 0 Å². The van der Waals surface area contributed by atoms with E-state index in [0.29, 0.717) is 5.89 Å². The Morgan fingerprint density at radius 3 is 1.64 bits per heavy atom. The van der Waals surface area contributed by atoms with Crippen molar-refractivity contribution in [1.29, 1.82) is 0 Å². The van der Waals surface area contributed by atoms with Crippen molar-refractivity contribution in [2.75, 3.05) is 4.90 Å². The summed E-state index contributed by atoms with van der Waals surface area (Å²) in [6, 6.07) is 73.2. The van der Waals surface area contributed by atoms with Gasteiger partial charge in [0.25, 0.3) is 0 Å². The van der Waals surface area contributed by atoms with Gasteiger partial charge in [-0.15, -0.1) is 0 Å².